The molecule has 6 heteroatoms. The van der Waals surface area contributed by atoms with Gasteiger partial charge in [-0.3, -0.25) is 4.79 Å². The second-order valence-corrected chi connectivity index (χ2v) is 4.81. The zero-order chi connectivity index (χ0) is 15.4. The highest BCUT2D eigenvalue weighted by Gasteiger charge is 2.12. The first-order valence-corrected chi connectivity index (χ1v) is 6.52. The van der Waals surface area contributed by atoms with Gasteiger partial charge < -0.3 is 10.4 Å². The van der Waals surface area contributed by atoms with Gasteiger partial charge in [0.05, 0.1) is 11.1 Å². The van der Waals surface area contributed by atoms with Gasteiger partial charge in [-0.1, -0.05) is 23.7 Å². The number of rotatable bonds is 4. The van der Waals surface area contributed by atoms with Crippen molar-refractivity contribution in [2.24, 2.45) is 0 Å². The second-order valence-electron chi connectivity index (χ2n) is 4.41. The van der Waals surface area contributed by atoms with Crippen LogP contribution in [0.1, 0.15) is 22.0 Å². The van der Waals surface area contributed by atoms with Crippen molar-refractivity contribution in [3.05, 3.63) is 70.2 Å². The van der Waals surface area contributed by atoms with E-state index in [1.165, 1.54) is 36.4 Å². The fourth-order valence-corrected chi connectivity index (χ4v) is 1.85. The number of carbonyl (C=O) groups excluding carboxylic acids is 1. The van der Waals surface area contributed by atoms with Crippen molar-refractivity contribution in [2.75, 3.05) is 6.54 Å². The molecule has 0 radical (unpaired) electrons. The van der Waals surface area contributed by atoms with E-state index in [4.69, 9.17) is 11.6 Å². The number of halogens is 3. The van der Waals surface area contributed by atoms with Gasteiger partial charge in [-0.05, 0) is 35.9 Å². The molecule has 0 spiro atoms. The first kappa shape index (κ1) is 15.4. The summed E-state index contributed by atoms with van der Waals surface area (Å²) in [5, 5.41) is 12.3. The Morgan fingerprint density at radius 3 is 2.48 bits per heavy atom. The molecule has 2 aromatic rings. The molecule has 0 aliphatic heterocycles. The molecule has 1 unspecified atom stereocenters. The summed E-state index contributed by atoms with van der Waals surface area (Å²) >= 11 is 5.53. The molecule has 0 heterocycles. The lowest BCUT2D eigenvalue weighted by Gasteiger charge is -2.12. The Balaban J connectivity index is 1.97. The van der Waals surface area contributed by atoms with Crippen LogP contribution in [0.2, 0.25) is 5.02 Å². The molecule has 1 amide bonds. The summed E-state index contributed by atoms with van der Waals surface area (Å²) in [6.07, 6.45) is -0.980. The monoisotopic (exact) mass is 311 g/mol. The molecule has 2 aromatic carbocycles. The Bertz CT molecular complexity index is 647. The maximum absolute atomic E-state index is 13.2. The van der Waals surface area contributed by atoms with Crippen LogP contribution >= 0.6 is 11.6 Å². The molecule has 0 aliphatic rings. The Kier molecular flexibility index (Phi) is 4.88. The van der Waals surface area contributed by atoms with E-state index in [1.54, 1.807) is 0 Å². The largest absolute Gasteiger partial charge is 0.387 e. The van der Waals surface area contributed by atoms with Crippen LogP contribution in [-0.4, -0.2) is 17.6 Å². The lowest BCUT2D eigenvalue weighted by atomic mass is 10.1. The number of hydrogen-bond acceptors (Lipinski definition) is 2. The molecule has 0 aromatic heterocycles. The lowest BCUT2D eigenvalue weighted by Crippen LogP contribution is -2.28. The van der Waals surface area contributed by atoms with Crippen LogP contribution in [0.4, 0.5) is 8.78 Å². The van der Waals surface area contributed by atoms with Crippen molar-refractivity contribution >= 4 is 17.5 Å². The van der Waals surface area contributed by atoms with Crippen molar-refractivity contribution in [1.29, 1.82) is 0 Å². The zero-order valence-electron chi connectivity index (χ0n) is 10.8. The summed E-state index contributed by atoms with van der Waals surface area (Å²) in [7, 11) is 0. The smallest absolute Gasteiger partial charge is 0.251 e. The Morgan fingerprint density at radius 1 is 1.19 bits per heavy atom. The highest BCUT2D eigenvalue weighted by Crippen LogP contribution is 2.16. The number of carbonyl (C=O) groups is 1. The number of aliphatic hydroxyl groups is 1. The quantitative estimate of drug-likeness (QED) is 0.911. The summed E-state index contributed by atoms with van der Waals surface area (Å²) in [5.41, 5.74) is 0.571. The first-order valence-electron chi connectivity index (χ1n) is 6.14. The molecule has 0 bridgehead atoms. The van der Waals surface area contributed by atoms with Gasteiger partial charge in [-0.2, -0.15) is 0 Å². The van der Waals surface area contributed by atoms with E-state index in [-0.39, 0.29) is 17.1 Å². The molecule has 0 aliphatic carbocycles. The minimum absolute atomic E-state index is 0.0714. The molecular formula is C15H12ClF2NO2. The van der Waals surface area contributed by atoms with Gasteiger partial charge in [-0.25, -0.2) is 8.78 Å². The van der Waals surface area contributed by atoms with Crippen molar-refractivity contribution in [3.63, 3.8) is 0 Å². The van der Waals surface area contributed by atoms with Crippen molar-refractivity contribution < 1.29 is 18.7 Å². The highest BCUT2D eigenvalue weighted by molar-refractivity contribution is 6.30. The van der Waals surface area contributed by atoms with Crippen LogP contribution in [0.25, 0.3) is 0 Å². The van der Waals surface area contributed by atoms with Crippen LogP contribution in [0.3, 0.4) is 0 Å². The molecule has 3 nitrogen and oxygen atoms in total. The van der Waals surface area contributed by atoms with Gasteiger partial charge >= 0.3 is 0 Å². The topological polar surface area (TPSA) is 49.3 Å². The number of hydrogen-bond donors (Lipinski definition) is 2. The predicted molar refractivity (Wildman–Crippen MR) is 75.1 cm³/mol. The fourth-order valence-electron chi connectivity index (χ4n) is 1.73. The third kappa shape index (κ3) is 4.00. The van der Waals surface area contributed by atoms with Crippen LogP contribution in [0.5, 0.6) is 0 Å². The number of benzene rings is 2. The highest BCUT2D eigenvalue weighted by atomic mass is 35.5. The third-order valence-electron chi connectivity index (χ3n) is 2.89. The van der Waals surface area contributed by atoms with Gasteiger partial charge in [0.15, 0.2) is 0 Å². The third-order valence-corrected chi connectivity index (χ3v) is 3.20. The lowest BCUT2D eigenvalue weighted by molar-refractivity contribution is 0.0916. The molecule has 1 atom stereocenters. The van der Waals surface area contributed by atoms with E-state index in [0.717, 1.165) is 6.07 Å². The SMILES string of the molecule is O=C(NCC(O)c1ccc(F)cc1)c1ccc(Cl)c(F)c1. The van der Waals surface area contributed by atoms with E-state index in [0.29, 0.717) is 5.56 Å². The molecule has 21 heavy (non-hydrogen) atoms. The summed E-state index contributed by atoms with van der Waals surface area (Å²) in [5.74, 6) is -1.64. The van der Waals surface area contributed by atoms with E-state index in [9.17, 15) is 18.7 Å². The van der Waals surface area contributed by atoms with Crippen LogP contribution < -0.4 is 5.32 Å². The molecular weight excluding hydrogens is 300 g/mol. The van der Waals surface area contributed by atoms with Gasteiger partial charge in [0.2, 0.25) is 0 Å². The Labute approximate surface area is 125 Å². The maximum atomic E-state index is 13.2. The average Bonchev–Trinajstić information content (AvgIpc) is 2.48. The molecule has 110 valence electrons. The van der Waals surface area contributed by atoms with E-state index < -0.39 is 23.6 Å². The number of amides is 1. The van der Waals surface area contributed by atoms with Gasteiger partial charge in [0.25, 0.3) is 5.91 Å². The zero-order valence-corrected chi connectivity index (χ0v) is 11.6. The Hall–Kier alpha value is -1.98. The van der Waals surface area contributed by atoms with E-state index in [1.807, 2.05) is 0 Å². The van der Waals surface area contributed by atoms with E-state index in [2.05, 4.69) is 5.32 Å². The van der Waals surface area contributed by atoms with Gasteiger partial charge in [0, 0.05) is 12.1 Å². The van der Waals surface area contributed by atoms with Gasteiger partial charge in [0.1, 0.15) is 11.6 Å². The minimum Gasteiger partial charge on any atom is -0.387 e. The van der Waals surface area contributed by atoms with Gasteiger partial charge in [-0.15, -0.1) is 0 Å². The average molecular weight is 312 g/mol. The van der Waals surface area contributed by atoms with Crippen molar-refractivity contribution in [1.82, 2.24) is 5.32 Å². The summed E-state index contributed by atoms with van der Waals surface area (Å²) in [4.78, 5) is 11.8. The summed E-state index contributed by atoms with van der Waals surface area (Å²) in [6, 6.07) is 8.96. The maximum Gasteiger partial charge on any atom is 0.251 e. The fraction of sp³-hybridized carbons (Fsp3) is 0.133. The second kappa shape index (κ2) is 6.65. The first-order chi connectivity index (χ1) is 9.97. The van der Waals surface area contributed by atoms with Crippen molar-refractivity contribution in [3.8, 4) is 0 Å². The Morgan fingerprint density at radius 2 is 1.86 bits per heavy atom. The van der Waals surface area contributed by atoms with Crippen LogP contribution in [0, 0.1) is 11.6 Å². The summed E-state index contributed by atoms with van der Waals surface area (Å²) in [6.45, 7) is -0.0747. The molecule has 2 rings (SSSR count). The number of aliphatic hydroxyl groups excluding tert-OH is 1. The molecule has 0 saturated carbocycles. The molecule has 0 saturated heterocycles. The molecule has 0 fully saturated rings. The molecule has 2 N–H and O–H groups in total. The van der Waals surface area contributed by atoms with E-state index >= 15 is 0 Å². The predicted octanol–water partition coefficient (Wildman–Crippen LogP) is 3.08. The summed E-state index contributed by atoms with van der Waals surface area (Å²) < 4.78 is 26.0. The minimum atomic E-state index is -0.980. The standard InChI is InChI=1S/C15H12ClF2NO2/c16-12-6-3-10(7-13(12)18)15(21)19-8-14(20)9-1-4-11(17)5-2-9/h1-7,14,20H,8H2,(H,19,21). The number of nitrogens with one attached hydrogen (secondary N) is 1. The van der Waals surface area contributed by atoms with Crippen molar-refractivity contribution in [2.45, 2.75) is 6.10 Å². The van der Waals surface area contributed by atoms with Crippen LogP contribution in [0.15, 0.2) is 42.5 Å². The normalized spacial score (nSPS) is 12.0. The van der Waals surface area contributed by atoms with Crippen LogP contribution in [-0.2, 0) is 0 Å².